The fourth-order valence-electron chi connectivity index (χ4n) is 4.31. The van der Waals surface area contributed by atoms with Crippen LogP contribution in [0.4, 0.5) is 5.69 Å². The first-order valence-electron chi connectivity index (χ1n) is 12.0. The molecule has 1 aromatic heterocycles. The zero-order valence-electron chi connectivity index (χ0n) is 20.2. The van der Waals surface area contributed by atoms with E-state index in [0.29, 0.717) is 13.0 Å². The predicted molar refractivity (Wildman–Crippen MR) is 133 cm³/mol. The minimum absolute atomic E-state index is 0.249. The number of hydrogen-bond donors (Lipinski definition) is 0. The van der Waals surface area contributed by atoms with E-state index in [9.17, 15) is 9.59 Å². The van der Waals surface area contributed by atoms with Crippen molar-refractivity contribution in [1.29, 1.82) is 0 Å². The Morgan fingerprint density at radius 2 is 1.68 bits per heavy atom. The molecule has 4 rings (SSSR count). The fourth-order valence-corrected chi connectivity index (χ4v) is 4.31. The monoisotopic (exact) mass is 460 g/mol. The summed E-state index contributed by atoms with van der Waals surface area (Å²) >= 11 is 0. The van der Waals surface area contributed by atoms with Crippen molar-refractivity contribution in [3.05, 3.63) is 65.9 Å². The van der Waals surface area contributed by atoms with Crippen molar-refractivity contribution in [2.75, 3.05) is 37.7 Å². The van der Waals surface area contributed by atoms with Gasteiger partial charge >= 0.3 is 5.97 Å². The van der Waals surface area contributed by atoms with E-state index in [2.05, 4.69) is 34.3 Å². The average Bonchev–Trinajstić information content (AvgIpc) is 3.30. The van der Waals surface area contributed by atoms with Crippen LogP contribution in [0.25, 0.3) is 16.9 Å². The Kier molecular flexibility index (Phi) is 7.30. The van der Waals surface area contributed by atoms with Gasteiger partial charge in [0.15, 0.2) is 5.69 Å². The molecule has 0 spiro atoms. The highest BCUT2D eigenvalue weighted by Gasteiger charge is 2.22. The Morgan fingerprint density at radius 3 is 2.32 bits per heavy atom. The quantitative estimate of drug-likeness (QED) is 0.487. The lowest BCUT2D eigenvalue weighted by atomic mass is 10.1. The van der Waals surface area contributed by atoms with Gasteiger partial charge in [0, 0.05) is 43.9 Å². The summed E-state index contributed by atoms with van der Waals surface area (Å²) in [6.45, 7) is 9.31. The molecule has 1 fully saturated rings. The maximum Gasteiger partial charge on any atom is 0.358 e. The number of carbonyl (C=O) groups excluding carboxylic acids is 2. The normalized spacial score (nSPS) is 13.7. The third kappa shape index (κ3) is 4.98. The summed E-state index contributed by atoms with van der Waals surface area (Å²) in [6, 6.07) is 18.1. The molecule has 1 aliphatic heterocycles. The second-order valence-corrected chi connectivity index (χ2v) is 8.50. The Hall–Kier alpha value is -3.61. The summed E-state index contributed by atoms with van der Waals surface area (Å²) in [4.78, 5) is 28.8. The largest absolute Gasteiger partial charge is 0.461 e. The number of amides is 1. The minimum atomic E-state index is -0.428. The number of para-hydroxylation sites is 1. The van der Waals surface area contributed by atoms with Crippen molar-refractivity contribution < 1.29 is 14.3 Å². The first-order valence-corrected chi connectivity index (χ1v) is 12.0. The molecule has 1 saturated heterocycles. The van der Waals surface area contributed by atoms with Crippen LogP contribution in [-0.2, 0) is 9.53 Å². The van der Waals surface area contributed by atoms with Crippen LogP contribution >= 0.6 is 0 Å². The van der Waals surface area contributed by atoms with Crippen molar-refractivity contribution in [2.45, 2.75) is 33.6 Å². The topological polar surface area (TPSA) is 67.7 Å². The number of aromatic nitrogens is 2. The van der Waals surface area contributed by atoms with Crippen LogP contribution in [0, 0.1) is 6.92 Å². The van der Waals surface area contributed by atoms with Crippen molar-refractivity contribution in [2.24, 2.45) is 0 Å². The molecule has 7 heteroatoms. The molecule has 2 heterocycles. The molecule has 178 valence electrons. The molecular weight excluding hydrogens is 428 g/mol. The second-order valence-electron chi connectivity index (χ2n) is 8.50. The Balaban J connectivity index is 1.58. The number of esters is 1. The van der Waals surface area contributed by atoms with Crippen LogP contribution in [0.2, 0.25) is 0 Å². The molecule has 7 nitrogen and oxygen atoms in total. The number of aryl methyl sites for hydroxylation is 1. The van der Waals surface area contributed by atoms with E-state index in [1.165, 1.54) is 0 Å². The van der Waals surface area contributed by atoms with Crippen molar-refractivity contribution in [3.63, 3.8) is 0 Å². The molecule has 0 aliphatic carbocycles. The van der Waals surface area contributed by atoms with Crippen LogP contribution in [0.15, 0.2) is 54.6 Å². The van der Waals surface area contributed by atoms with E-state index in [-0.39, 0.29) is 11.6 Å². The number of hydrogen-bond acceptors (Lipinski definition) is 5. The van der Waals surface area contributed by atoms with Gasteiger partial charge in [0.1, 0.15) is 0 Å². The molecule has 1 aliphatic rings. The number of ether oxygens (including phenoxy) is 1. The first kappa shape index (κ1) is 23.5. The molecule has 0 bridgehead atoms. The first-order chi connectivity index (χ1) is 16.5. The molecule has 1 amide bonds. The van der Waals surface area contributed by atoms with E-state index in [0.717, 1.165) is 60.8 Å². The summed E-state index contributed by atoms with van der Waals surface area (Å²) in [5.41, 5.74) is 5.20. The summed E-state index contributed by atoms with van der Waals surface area (Å²) in [6.07, 6.45) is 1.51. The lowest BCUT2D eigenvalue weighted by molar-refractivity contribution is -0.131. The molecule has 2 aromatic carbocycles. The third-order valence-electron chi connectivity index (χ3n) is 6.16. The highest BCUT2D eigenvalue weighted by atomic mass is 16.5. The predicted octanol–water partition coefficient (Wildman–Crippen LogP) is 4.47. The molecule has 0 unspecified atom stereocenters. The summed E-state index contributed by atoms with van der Waals surface area (Å²) < 4.78 is 7.00. The lowest BCUT2D eigenvalue weighted by Gasteiger charge is -2.36. The molecule has 3 aromatic rings. The second kappa shape index (κ2) is 10.5. The maximum atomic E-state index is 12.4. The standard InChI is InChI=1S/C27H32N4O3/c1-4-8-26(32)30-17-15-29(16-18-30)22-13-11-21(12-14-22)25-19-23(27(33)34-5-2)28-31(25)24-10-7-6-9-20(24)3/h6-7,9-14,19H,4-5,8,15-18H2,1-3H3. The highest BCUT2D eigenvalue weighted by molar-refractivity contribution is 5.89. The van der Waals surface area contributed by atoms with Gasteiger partial charge in [0.25, 0.3) is 0 Å². The molecule has 0 radical (unpaired) electrons. The van der Waals surface area contributed by atoms with E-state index >= 15 is 0 Å². The third-order valence-corrected chi connectivity index (χ3v) is 6.16. The van der Waals surface area contributed by atoms with Gasteiger partial charge in [-0.05, 0) is 50.1 Å². The minimum Gasteiger partial charge on any atom is -0.461 e. The summed E-state index contributed by atoms with van der Waals surface area (Å²) in [7, 11) is 0. The zero-order chi connectivity index (χ0) is 24.1. The molecule has 34 heavy (non-hydrogen) atoms. The highest BCUT2D eigenvalue weighted by Crippen LogP contribution is 2.28. The van der Waals surface area contributed by atoms with Gasteiger partial charge in [0.05, 0.1) is 18.0 Å². The molecule has 0 N–H and O–H groups in total. The number of carbonyl (C=O) groups is 2. The zero-order valence-corrected chi connectivity index (χ0v) is 20.2. The lowest BCUT2D eigenvalue weighted by Crippen LogP contribution is -2.48. The van der Waals surface area contributed by atoms with Gasteiger partial charge in [-0.15, -0.1) is 0 Å². The molecule has 0 atom stereocenters. The van der Waals surface area contributed by atoms with Crippen LogP contribution in [0.1, 0.15) is 42.7 Å². The maximum absolute atomic E-state index is 12.4. The Labute approximate surface area is 200 Å². The van der Waals surface area contributed by atoms with Gasteiger partial charge in [-0.3, -0.25) is 4.79 Å². The van der Waals surface area contributed by atoms with Gasteiger partial charge in [-0.2, -0.15) is 5.10 Å². The van der Waals surface area contributed by atoms with E-state index in [1.54, 1.807) is 13.0 Å². The summed E-state index contributed by atoms with van der Waals surface area (Å²) in [5.74, 6) is -0.178. The van der Waals surface area contributed by atoms with Crippen LogP contribution in [0.5, 0.6) is 0 Å². The van der Waals surface area contributed by atoms with Gasteiger partial charge < -0.3 is 14.5 Å². The Bertz CT molecular complexity index is 1140. The van der Waals surface area contributed by atoms with Gasteiger partial charge in [-0.1, -0.05) is 37.3 Å². The van der Waals surface area contributed by atoms with E-state index in [1.807, 2.05) is 47.7 Å². The number of anilines is 1. The van der Waals surface area contributed by atoms with Gasteiger partial charge in [0.2, 0.25) is 5.91 Å². The van der Waals surface area contributed by atoms with Gasteiger partial charge in [-0.25, -0.2) is 9.48 Å². The van der Waals surface area contributed by atoms with E-state index < -0.39 is 5.97 Å². The number of rotatable bonds is 7. The van der Waals surface area contributed by atoms with Crippen molar-refractivity contribution in [1.82, 2.24) is 14.7 Å². The average molecular weight is 461 g/mol. The number of benzene rings is 2. The summed E-state index contributed by atoms with van der Waals surface area (Å²) in [5, 5.41) is 4.58. The number of nitrogens with zero attached hydrogens (tertiary/aromatic N) is 4. The molecular formula is C27H32N4O3. The molecule has 0 saturated carbocycles. The van der Waals surface area contributed by atoms with Crippen molar-refractivity contribution in [3.8, 4) is 16.9 Å². The Morgan fingerprint density at radius 1 is 0.971 bits per heavy atom. The number of piperazine rings is 1. The van der Waals surface area contributed by atoms with Crippen LogP contribution in [0.3, 0.4) is 0 Å². The van der Waals surface area contributed by atoms with E-state index in [4.69, 9.17) is 4.74 Å². The SMILES string of the molecule is CCCC(=O)N1CCN(c2ccc(-c3cc(C(=O)OCC)nn3-c3ccccc3C)cc2)CC1. The van der Waals surface area contributed by atoms with Crippen LogP contribution in [-0.4, -0.2) is 59.3 Å². The fraction of sp³-hybridized carbons (Fsp3) is 0.370. The smallest absolute Gasteiger partial charge is 0.358 e. The van der Waals surface area contributed by atoms with Crippen LogP contribution < -0.4 is 4.90 Å². The van der Waals surface area contributed by atoms with Crippen molar-refractivity contribution >= 4 is 17.6 Å².